The van der Waals surface area contributed by atoms with E-state index in [2.05, 4.69) is 25.7 Å². The first-order valence-corrected chi connectivity index (χ1v) is 7.49. The Hall–Kier alpha value is -2.22. The van der Waals surface area contributed by atoms with Crippen LogP contribution < -0.4 is 5.32 Å². The lowest BCUT2D eigenvalue weighted by Crippen LogP contribution is -2.27. The van der Waals surface area contributed by atoms with Crippen LogP contribution in [0.15, 0.2) is 6.33 Å². The highest BCUT2D eigenvalue weighted by atomic mass is 16.5. The molecule has 2 aromatic rings. The summed E-state index contributed by atoms with van der Waals surface area (Å²) in [6, 6.07) is 0. The van der Waals surface area contributed by atoms with Crippen molar-refractivity contribution < 1.29 is 9.53 Å². The standard InChI is InChI=1S/C14H20N6O2/c1-22-8-7-20-9-16-18-12(20)5-6-15-14(21)13-10-3-2-4-11(10)17-19-13/h9H,2-8H2,1H3,(H,15,21)(H,17,19). The summed E-state index contributed by atoms with van der Waals surface area (Å²) in [6.07, 6.45) is 5.31. The number of fused-ring (bicyclic) bond motifs is 1. The number of nitrogens with one attached hydrogen (secondary N) is 2. The van der Waals surface area contributed by atoms with Crippen molar-refractivity contribution in [1.82, 2.24) is 30.3 Å². The molecule has 118 valence electrons. The van der Waals surface area contributed by atoms with Crippen LogP contribution in [0.3, 0.4) is 0 Å². The molecule has 0 aromatic carbocycles. The van der Waals surface area contributed by atoms with Crippen molar-refractivity contribution in [3.05, 3.63) is 29.1 Å². The Morgan fingerprint density at radius 2 is 2.41 bits per heavy atom. The number of amides is 1. The molecule has 3 rings (SSSR count). The zero-order valence-electron chi connectivity index (χ0n) is 12.6. The summed E-state index contributed by atoms with van der Waals surface area (Å²) in [5.74, 6) is 0.715. The van der Waals surface area contributed by atoms with Crippen LogP contribution in [0.25, 0.3) is 0 Å². The van der Waals surface area contributed by atoms with Gasteiger partial charge in [0.15, 0.2) is 5.69 Å². The molecular formula is C14H20N6O2. The average molecular weight is 304 g/mol. The molecule has 0 spiro atoms. The van der Waals surface area contributed by atoms with E-state index in [1.165, 1.54) is 0 Å². The fourth-order valence-electron chi connectivity index (χ4n) is 2.73. The summed E-state index contributed by atoms with van der Waals surface area (Å²) in [7, 11) is 1.66. The quantitative estimate of drug-likeness (QED) is 0.756. The third-order valence-corrected chi connectivity index (χ3v) is 3.89. The van der Waals surface area contributed by atoms with Crippen LogP contribution in [-0.4, -0.2) is 51.1 Å². The second-order valence-corrected chi connectivity index (χ2v) is 5.32. The monoisotopic (exact) mass is 304 g/mol. The maximum atomic E-state index is 12.2. The molecule has 2 N–H and O–H groups in total. The highest BCUT2D eigenvalue weighted by molar-refractivity contribution is 5.94. The number of hydrogen-bond acceptors (Lipinski definition) is 5. The number of H-pyrrole nitrogens is 1. The molecular weight excluding hydrogens is 284 g/mol. The lowest BCUT2D eigenvalue weighted by atomic mass is 10.2. The Bertz CT molecular complexity index is 648. The molecule has 0 aliphatic heterocycles. The number of ether oxygens (including phenoxy) is 1. The number of rotatable bonds is 7. The molecule has 0 bridgehead atoms. The van der Waals surface area contributed by atoms with Gasteiger partial charge in [-0.15, -0.1) is 10.2 Å². The van der Waals surface area contributed by atoms with Gasteiger partial charge in [0.25, 0.3) is 5.91 Å². The zero-order chi connectivity index (χ0) is 15.4. The molecule has 22 heavy (non-hydrogen) atoms. The average Bonchev–Trinajstić information content (AvgIpc) is 3.21. The molecule has 0 atom stereocenters. The number of aryl methyl sites for hydroxylation is 1. The van der Waals surface area contributed by atoms with Gasteiger partial charge in [-0.25, -0.2) is 0 Å². The predicted molar refractivity (Wildman–Crippen MR) is 78.5 cm³/mol. The highest BCUT2D eigenvalue weighted by Crippen LogP contribution is 2.22. The van der Waals surface area contributed by atoms with Crippen molar-refractivity contribution in [2.45, 2.75) is 32.2 Å². The third kappa shape index (κ3) is 3.01. The van der Waals surface area contributed by atoms with Crippen LogP contribution in [-0.2, 0) is 30.5 Å². The first kappa shape index (κ1) is 14.7. The Kier molecular flexibility index (Phi) is 4.47. The maximum absolute atomic E-state index is 12.2. The summed E-state index contributed by atoms with van der Waals surface area (Å²) >= 11 is 0. The molecule has 1 aliphatic carbocycles. The molecule has 2 heterocycles. The summed E-state index contributed by atoms with van der Waals surface area (Å²) in [6.45, 7) is 1.82. The van der Waals surface area contributed by atoms with Crippen LogP contribution in [0.1, 0.15) is 34.0 Å². The minimum absolute atomic E-state index is 0.123. The van der Waals surface area contributed by atoms with Gasteiger partial charge in [0.2, 0.25) is 0 Å². The summed E-state index contributed by atoms with van der Waals surface area (Å²) in [5.41, 5.74) is 2.71. The number of aromatic nitrogens is 5. The van der Waals surface area contributed by atoms with E-state index in [4.69, 9.17) is 4.74 Å². The molecule has 8 heteroatoms. The molecule has 1 amide bonds. The minimum atomic E-state index is -0.123. The molecule has 2 aromatic heterocycles. The third-order valence-electron chi connectivity index (χ3n) is 3.89. The second-order valence-electron chi connectivity index (χ2n) is 5.32. The van der Waals surface area contributed by atoms with E-state index in [1.54, 1.807) is 13.4 Å². The molecule has 0 saturated heterocycles. The predicted octanol–water partition coefficient (Wildman–Crippen LogP) is 0.109. The summed E-state index contributed by atoms with van der Waals surface area (Å²) in [4.78, 5) is 12.2. The van der Waals surface area contributed by atoms with Crippen LogP contribution in [0.2, 0.25) is 0 Å². The largest absolute Gasteiger partial charge is 0.383 e. The van der Waals surface area contributed by atoms with Gasteiger partial charge in [-0.05, 0) is 19.3 Å². The number of aromatic amines is 1. The van der Waals surface area contributed by atoms with Gasteiger partial charge in [-0.2, -0.15) is 5.10 Å². The minimum Gasteiger partial charge on any atom is -0.383 e. The lowest BCUT2D eigenvalue weighted by molar-refractivity contribution is 0.0948. The van der Waals surface area contributed by atoms with E-state index >= 15 is 0 Å². The van der Waals surface area contributed by atoms with Gasteiger partial charge in [0, 0.05) is 37.9 Å². The van der Waals surface area contributed by atoms with Crippen molar-refractivity contribution in [1.29, 1.82) is 0 Å². The summed E-state index contributed by atoms with van der Waals surface area (Å²) in [5, 5.41) is 17.9. The van der Waals surface area contributed by atoms with Crippen LogP contribution in [0.5, 0.6) is 0 Å². The molecule has 8 nitrogen and oxygen atoms in total. The zero-order valence-corrected chi connectivity index (χ0v) is 12.6. The number of nitrogens with zero attached hydrogens (tertiary/aromatic N) is 4. The number of carbonyl (C=O) groups excluding carboxylic acids is 1. The van der Waals surface area contributed by atoms with Gasteiger partial charge in [-0.3, -0.25) is 9.89 Å². The number of carbonyl (C=O) groups is 1. The van der Waals surface area contributed by atoms with Crippen LogP contribution in [0.4, 0.5) is 0 Å². The van der Waals surface area contributed by atoms with E-state index in [1.807, 2.05) is 4.57 Å². The first-order chi connectivity index (χ1) is 10.8. The topological polar surface area (TPSA) is 97.7 Å². The summed E-state index contributed by atoms with van der Waals surface area (Å²) < 4.78 is 6.98. The van der Waals surface area contributed by atoms with Crippen LogP contribution >= 0.6 is 0 Å². The van der Waals surface area contributed by atoms with E-state index < -0.39 is 0 Å². The van der Waals surface area contributed by atoms with Gasteiger partial charge < -0.3 is 14.6 Å². The van der Waals surface area contributed by atoms with Gasteiger partial charge >= 0.3 is 0 Å². The number of methoxy groups -OCH3 is 1. The normalized spacial score (nSPS) is 13.3. The van der Waals surface area contributed by atoms with Gasteiger partial charge in [0.1, 0.15) is 12.2 Å². The van der Waals surface area contributed by atoms with Gasteiger partial charge in [0.05, 0.1) is 6.61 Å². The Balaban J connectivity index is 1.52. The van der Waals surface area contributed by atoms with Crippen molar-refractivity contribution in [3.8, 4) is 0 Å². The smallest absolute Gasteiger partial charge is 0.272 e. The van der Waals surface area contributed by atoms with E-state index in [0.29, 0.717) is 31.8 Å². The lowest BCUT2D eigenvalue weighted by Gasteiger charge is -2.07. The molecule has 0 unspecified atom stereocenters. The molecule has 0 fully saturated rings. The fraction of sp³-hybridized carbons (Fsp3) is 0.571. The fourth-order valence-corrected chi connectivity index (χ4v) is 2.73. The number of hydrogen-bond donors (Lipinski definition) is 2. The van der Waals surface area contributed by atoms with Crippen LogP contribution in [0, 0.1) is 0 Å². The molecule has 0 saturated carbocycles. The van der Waals surface area contributed by atoms with E-state index in [-0.39, 0.29) is 5.91 Å². The van der Waals surface area contributed by atoms with Crippen molar-refractivity contribution in [2.24, 2.45) is 0 Å². The van der Waals surface area contributed by atoms with Crippen molar-refractivity contribution >= 4 is 5.91 Å². The van der Waals surface area contributed by atoms with Crippen molar-refractivity contribution in [2.75, 3.05) is 20.3 Å². The second kappa shape index (κ2) is 6.69. The van der Waals surface area contributed by atoms with Gasteiger partial charge in [-0.1, -0.05) is 0 Å². The highest BCUT2D eigenvalue weighted by Gasteiger charge is 2.22. The molecule has 0 radical (unpaired) electrons. The maximum Gasteiger partial charge on any atom is 0.272 e. The SMILES string of the molecule is COCCn1cnnc1CCNC(=O)c1n[nH]c2c1CCC2. The van der Waals surface area contributed by atoms with E-state index in [0.717, 1.165) is 36.3 Å². The Labute approximate surface area is 128 Å². The first-order valence-electron chi connectivity index (χ1n) is 7.49. The van der Waals surface area contributed by atoms with Crippen molar-refractivity contribution in [3.63, 3.8) is 0 Å². The Morgan fingerprint density at radius 1 is 1.50 bits per heavy atom. The van der Waals surface area contributed by atoms with E-state index in [9.17, 15) is 4.79 Å². The molecule has 1 aliphatic rings. The Morgan fingerprint density at radius 3 is 3.27 bits per heavy atom.